The number of phenols is 1. The molecule has 0 saturated carbocycles. The molecule has 786 valence electrons. The molecule has 0 spiro atoms. The first-order valence-electron chi connectivity index (χ1n) is 49.1. The van der Waals surface area contributed by atoms with Crippen molar-refractivity contribution in [2.24, 2.45) is 29.0 Å². The summed E-state index contributed by atoms with van der Waals surface area (Å²) in [4.78, 5) is 278. The van der Waals surface area contributed by atoms with Gasteiger partial charge in [0, 0.05) is 118 Å². The lowest BCUT2D eigenvalue weighted by Crippen LogP contribution is -2.62. The number of nitrogens with one attached hydrogen (secondary N) is 12. The van der Waals surface area contributed by atoms with Crippen LogP contribution in [0.4, 0.5) is 0 Å². The highest BCUT2D eigenvalue weighted by Gasteiger charge is 2.47. The van der Waals surface area contributed by atoms with Gasteiger partial charge in [-0.1, -0.05) is 122 Å². The number of primary amides is 2. The zero-order valence-corrected chi connectivity index (χ0v) is 84.5. The van der Waals surface area contributed by atoms with Gasteiger partial charge in [-0.25, -0.2) is 0 Å². The summed E-state index contributed by atoms with van der Waals surface area (Å²) in [7, 11) is 3.23. The third kappa shape index (κ3) is 30.7. The van der Waals surface area contributed by atoms with Gasteiger partial charge in [-0.05, 0) is 129 Å². The average Bonchev–Trinajstić information content (AvgIpc) is 1.65. The van der Waals surface area contributed by atoms with Gasteiger partial charge in [-0.15, -0.1) is 11.8 Å². The molecule has 4 aromatic carbocycles. The second-order valence-corrected chi connectivity index (χ2v) is 39.2. The first-order valence-corrected chi connectivity index (χ1v) is 50.3. The molecule has 10 rings (SSSR count). The number of amides is 17. The number of phenolic OH excluding ortho intramolecular Hbond substituents is 1. The number of aliphatic hydroxyl groups excluding tert-OH is 1. The highest BCUT2D eigenvalue weighted by Crippen LogP contribution is 2.30. The molecule has 17 amide bonds. The zero-order valence-electron chi connectivity index (χ0n) is 83.7. The van der Waals surface area contributed by atoms with Gasteiger partial charge in [0.15, 0.2) is 0 Å². The van der Waals surface area contributed by atoms with E-state index in [2.05, 4.69) is 63.5 Å². The van der Waals surface area contributed by atoms with Crippen LogP contribution in [-0.4, -0.2) is 326 Å². The van der Waals surface area contributed by atoms with Crippen molar-refractivity contribution in [1.29, 1.82) is 0 Å². The maximum absolute atomic E-state index is 16.3. The number of H-pyrrole nitrogens is 1. The van der Waals surface area contributed by atoms with Crippen LogP contribution in [0, 0.1) is 11.8 Å². The van der Waals surface area contributed by atoms with Gasteiger partial charge in [0.2, 0.25) is 100 Å². The molecule has 0 aliphatic carbocycles. The number of para-hydroxylation sites is 2. The number of carbonyl (C=O) groups is 18. The lowest BCUT2D eigenvalue weighted by Gasteiger charge is -2.36. The number of methoxy groups -OCH3 is 1. The van der Waals surface area contributed by atoms with Crippen LogP contribution >= 0.6 is 11.8 Å². The van der Waals surface area contributed by atoms with Crippen molar-refractivity contribution in [3.05, 3.63) is 126 Å². The number of nitrogens with zero attached hydrogens (tertiary/aromatic N) is 6. The van der Waals surface area contributed by atoms with E-state index >= 15 is 52.7 Å². The largest absolute Gasteiger partial charge is 0.562 e. The fourth-order valence-electron chi connectivity index (χ4n) is 18.5. The van der Waals surface area contributed by atoms with E-state index in [4.69, 9.17) is 26.6 Å². The van der Waals surface area contributed by atoms with E-state index in [1.807, 2.05) is 13.8 Å². The molecule has 4 aliphatic rings. The molecule has 6 aromatic rings. The maximum Gasteiger partial charge on any atom is 0.562 e. The van der Waals surface area contributed by atoms with Crippen LogP contribution in [0.25, 0.3) is 21.8 Å². The Hall–Kier alpha value is -13.7. The summed E-state index contributed by atoms with van der Waals surface area (Å²) in [6.45, 7) is 8.78. The normalized spacial score (nSPS) is 24.7. The quantitative estimate of drug-likeness (QED) is 0.0320. The van der Waals surface area contributed by atoms with Crippen molar-refractivity contribution in [1.82, 2.24) is 92.5 Å². The second-order valence-electron chi connectivity index (χ2n) is 38.2. The van der Waals surface area contributed by atoms with Crippen molar-refractivity contribution < 1.29 is 111 Å². The number of aromatic hydroxyl groups is 1. The molecule has 6 heterocycles. The van der Waals surface area contributed by atoms with Crippen LogP contribution in [0.5, 0.6) is 11.5 Å². The third-order valence-corrected chi connectivity index (χ3v) is 27.4. The minimum atomic E-state index is -2.06. The number of rotatable bonds is 22. The van der Waals surface area contributed by atoms with Crippen LogP contribution in [0.2, 0.25) is 0 Å². The molecule has 4 aliphatic heterocycles. The lowest BCUT2D eigenvalue weighted by atomic mass is 9.76. The van der Waals surface area contributed by atoms with Gasteiger partial charge in [0.1, 0.15) is 103 Å². The number of hydrogen-bond donors (Lipinski definition) is 18. The number of fused-ring (bicyclic) bond motifs is 11. The minimum absolute atomic E-state index is 0.0113. The third-order valence-electron chi connectivity index (χ3n) is 26.4. The summed E-state index contributed by atoms with van der Waals surface area (Å²) in [6.07, 6.45) is 0.494. The maximum atomic E-state index is 16.3. The predicted octanol–water partition coefficient (Wildman–Crippen LogP) is -2.24. The zero-order chi connectivity index (χ0) is 106. The fraction of sp³-hybridized carbons (Fsp3) is 0.535. The smallest absolute Gasteiger partial charge is 0.508 e. The summed E-state index contributed by atoms with van der Waals surface area (Å²) in [5, 5.41) is 65.4. The van der Waals surface area contributed by atoms with Crippen molar-refractivity contribution in [2.45, 2.75) is 255 Å². The number of carbonyl (C=O) groups excluding carboxylic acids is 18. The topological polar surface area (TPSA) is 634 Å². The van der Waals surface area contributed by atoms with Crippen molar-refractivity contribution in [2.75, 3.05) is 72.5 Å². The molecular weight excluding hydrogens is 1890 g/mol. The summed E-state index contributed by atoms with van der Waals surface area (Å²) >= 11 is 0.786. The van der Waals surface area contributed by atoms with Gasteiger partial charge in [-0.3, -0.25) is 86.3 Å². The molecule has 145 heavy (non-hydrogen) atoms. The number of unbranched alkanes of at least 4 members (excludes halogenated alkanes) is 2. The molecule has 21 N–H and O–H groups in total. The molecular formula is C99H138BN21O23S. The second kappa shape index (κ2) is 53.2. The van der Waals surface area contributed by atoms with Crippen molar-refractivity contribution in [3.63, 3.8) is 0 Å². The number of thioether (sulfide) groups is 1. The van der Waals surface area contributed by atoms with E-state index in [0.717, 1.165) is 31.4 Å². The SMILES string of the molecule is CCCC[C@H]1C(=O)N(C)[C@@H](CCCC)C(=O)N[C@@H](CC(C)C)C(=O)N[C@H](C(=O)NCC(N)=O)CSCC(=O)N[C@@H](Cc2ccc(O)cc2)C(=O)N(C)[C@@H](C)C(=O)N[C@@H](CC(N)=O)C(=O)N2CCC[C@H]2C(=O)N[C@H]2CNCc3cc(OC)ccc3B(O)OC(=O)Cn3cc(c4ccccc43)C[C@H](NC(=O)[C@H](CCN)NC(=O)[C@H](Cc3c[nH]c4ccccc34)NC(=O)[C@@H]3C[C@@H](O)CN3C(=O)[C@H](CC(C)C)NC2=O)C(=O)N1C. The van der Waals surface area contributed by atoms with Crippen LogP contribution in [0.3, 0.4) is 0 Å². The Morgan fingerprint density at radius 3 is 1.90 bits per heavy atom. The summed E-state index contributed by atoms with van der Waals surface area (Å²) in [5.74, 6) is -18.8. The summed E-state index contributed by atoms with van der Waals surface area (Å²) in [6, 6.07) is 1.57. The molecule has 2 aromatic heterocycles. The van der Waals surface area contributed by atoms with Crippen molar-refractivity contribution in [3.8, 4) is 11.5 Å². The minimum Gasteiger partial charge on any atom is -0.508 e. The molecule has 2 fully saturated rings. The molecule has 4 bridgehead atoms. The molecule has 15 atom stereocenters. The van der Waals surface area contributed by atoms with E-state index in [9.17, 15) is 48.8 Å². The highest BCUT2D eigenvalue weighted by atomic mass is 32.2. The van der Waals surface area contributed by atoms with Gasteiger partial charge in [0.25, 0.3) is 0 Å². The molecule has 46 heteroatoms. The van der Waals surface area contributed by atoms with E-state index in [1.54, 1.807) is 82.4 Å². The number of nitrogens with two attached hydrogens (primary N) is 3. The standard InChI is InChI=1S/C99H138BN21O23S/c1-12-14-24-78-92(134)109-69(37-54(3)4)89(131)115-76(87(129)106-48-83(103)125)52-145-53-84(126)107-72(39-57-28-30-61(122)31-29-57)95(137)116(8)56(7)86(128)111-74(44-82(102)124)97(139)120-36-20-27-79(120)93(135)114-75-47-104-45-59-40-63(143-11)32-33-66(59)100(142)144-85(127)51-119-49-60(65-22-17-19-26-77(65)119)42-73(96(138)118(10)80(25-15-13-2)99(141)117(78)9)113-88(130)68(34-35-101)108-90(132)70(41-58-46-105-67-23-18-16-21-64(58)67)110-94(136)81-43-62(123)50-121(81)98(140)71(38-55(5)6)112-91(75)133/h16-19,21-23,26,28-33,40,46,49,54-56,62,68-76,78-81,104-105,122-123,142H,12-15,20,24-25,27,34-39,41-45,47-48,50-53,101H2,1-11H3,(H2,102,124)(H2,103,125)(H,106,129)(H,107,126)(H,108,132)(H,109,134)(H,110,136)(H,111,128)(H,112,133)(H,113,130)(H,114,135)(H,115,131)/t56-,62+,68-,69-,70-,71-,72-,73-,74-,75-,76-,78-,79-,80-,81-/m0/s1. The molecule has 0 unspecified atom stereocenters. The van der Waals surface area contributed by atoms with Crippen molar-refractivity contribution >= 4 is 153 Å². The first-order chi connectivity index (χ1) is 69.0. The van der Waals surface area contributed by atoms with E-state index in [1.165, 1.54) is 93.3 Å². The monoisotopic (exact) mass is 2030 g/mol. The predicted molar refractivity (Wildman–Crippen MR) is 536 cm³/mol. The van der Waals surface area contributed by atoms with Gasteiger partial charge in [-0.2, -0.15) is 0 Å². The van der Waals surface area contributed by atoms with E-state index in [-0.39, 0.29) is 106 Å². The lowest BCUT2D eigenvalue weighted by molar-refractivity contribution is -0.149. The Bertz CT molecular complexity index is 5670. The van der Waals surface area contributed by atoms with Crippen LogP contribution in [0.15, 0.2) is 103 Å². The van der Waals surface area contributed by atoms with Gasteiger partial charge >= 0.3 is 13.1 Å². The molecule has 2 saturated heterocycles. The Morgan fingerprint density at radius 2 is 1.22 bits per heavy atom. The number of ether oxygens (including phenoxy) is 1. The Morgan fingerprint density at radius 1 is 0.607 bits per heavy atom. The first kappa shape index (κ1) is 113. The number of hydrogen-bond acceptors (Lipinski definition) is 26. The Balaban J connectivity index is 1.12. The number of aromatic amines is 1. The highest BCUT2D eigenvalue weighted by molar-refractivity contribution is 8.00. The molecule has 0 radical (unpaired) electrons. The van der Waals surface area contributed by atoms with Crippen LogP contribution in [0.1, 0.15) is 154 Å². The van der Waals surface area contributed by atoms with Gasteiger partial charge in [0.05, 0.1) is 31.9 Å². The number of likely N-dealkylation sites (N-methyl/N-ethyl adjacent to an activating group) is 3. The Labute approximate surface area is 845 Å². The van der Waals surface area contributed by atoms with Gasteiger partial charge < -0.3 is 134 Å². The fourth-order valence-corrected chi connectivity index (χ4v) is 19.3. The van der Waals surface area contributed by atoms with Crippen LogP contribution < -0.4 is 85.9 Å². The van der Waals surface area contributed by atoms with E-state index < -0.39 is 267 Å². The number of aromatic nitrogens is 2. The Kier molecular flexibility index (Phi) is 41.6. The average molecular weight is 2030 g/mol. The van der Waals surface area contributed by atoms with E-state index in [0.29, 0.717) is 64.2 Å². The summed E-state index contributed by atoms with van der Waals surface area (Å²) < 4.78 is 13.0. The number of benzene rings is 4. The summed E-state index contributed by atoms with van der Waals surface area (Å²) in [5.41, 5.74) is 20.0. The van der Waals surface area contributed by atoms with Crippen LogP contribution in [-0.2, 0) is 123 Å². The number of aliphatic hydroxyl groups is 1. The molecule has 44 nitrogen and oxygen atoms in total.